The minimum atomic E-state index is -3.35. The van der Waals surface area contributed by atoms with Gasteiger partial charge in [0, 0.05) is 12.1 Å². The Hall–Kier alpha value is -2.21. The molecular formula is C16H21F2N4O2P. The van der Waals surface area contributed by atoms with E-state index in [-0.39, 0.29) is 18.3 Å². The van der Waals surface area contributed by atoms with E-state index in [1.165, 1.54) is 21.5 Å². The van der Waals surface area contributed by atoms with Crippen molar-refractivity contribution in [2.45, 2.75) is 32.2 Å². The van der Waals surface area contributed by atoms with Crippen molar-refractivity contribution in [1.82, 2.24) is 9.97 Å². The van der Waals surface area contributed by atoms with Gasteiger partial charge in [0.25, 0.3) is 0 Å². The molecule has 25 heavy (non-hydrogen) atoms. The van der Waals surface area contributed by atoms with Gasteiger partial charge in [-0.05, 0) is 21.7 Å². The molecule has 0 amide bonds. The number of aromatic nitrogens is 2. The Morgan fingerprint density at radius 1 is 1.28 bits per heavy atom. The zero-order chi connectivity index (χ0) is 18.3. The third kappa shape index (κ3) is 6.31. The van der Waals surface area contributed by atoms with Gasteiger partial charge in [-0.25, -0.2) is 4.98 Å². The van der Waals surface area contributed by atoms with E-state index < -0.39 is 5.85 Å². The van der Waals surface area contributed by atoms with Gasteiger partial charge < -0.3 is 20.5 Å². The van der Waals surface area contributed by atoms with Gasteiger partial charge in [0.05, 0.1) is 6.20 Å². The van der Waals surface area contributed by atoms with E-state index in [2.05, 4.69) is 26.9 Å². The number of unbranched alkanes of at least 4 members (excludes halogenated alkanes) is 1. The average molecular weight is 370 g/mol. The Kier molecular flexibility index (Phi) is 6.70. The number of anilines is 2. The number of para-hydroxylation sites is 1. The smallest absolute Gasteiger partial charge is 0.408 e. The number of benzene rings is 1. The maximum atomic E-state index is 13.1. The lowest BCUT2D eigenvalue weighted by Crippen LogP contribution is -2.16. The first kappa shape index (κ1) is 19.1. The summed E-state index contributed by atoms with van der Waals surface area (Å²) in [4.78, 5) is 8.02. The molecular weight excluding hydrogens is 349 g/mol. The largest absolute Gasteiger partial charge is 0.483 e. The molecule has 0 saturated carbocycles. The molecule has 0 bridgehead atoms. The lowest BCUT2D eigenvalue weighted by molar-refractivity contribution is -0.0900. The molecule has 1 heterocycles. The van der Waals surface area contributed by atoms with E-state index >= 15 is 0 Å². The summed E-state index contributed by atoms with van der Waals surface area (Å²) in [6, 6.07) is 6.43. The van der Waals surface area contributed by atoms with Gasteiger partial charge in [0.1, 0.15) is 12.4 Å². The van der Waals surface area contributed by atoms with Crippen LogP contribution in [0.5, 0.6) is 11.5 Å². The van der Waals surface area contributed by atoms with Gasteiger partial charge in [0.15, 0.2) is 11.6 Å². The standard InChI is InChI=1S/C16H21F2N4O2P/c1-2-3-8-20-14-13(9-21-15(19)22-14)23-10-11-6-4-5-7-12(11)24-16(17,18)25/h4-7,9H,2-3,8,10,25H2,1H3,(H3,19,20,21,22). The van der Waals surface area contributed by atoms with Crippen LogP contribution in [0.2, 0.25) is 0 Å². The normalized spacial score (nSPS) is 11.2. The number of nitrogen functional groups attached to an aromatic ring is 1. The van der Waals surface area contributed by atoms with Crippen molar-refractivity contribution in [3.63, 3.8) is 0 Å². The second kappa shape index (κ2) is 8.76. The molecule has 0 fully saturated rings. The summed E-state index contributed by atoms with van der Waals surface area (Å²) in [7, 11) is 1.34. The fourth-order valence-corrected chi connectivity index (χ4v) is 2.15. The highest BCUT2D eigenvalue weighted by Gasteiger charge is 2.24. The van der Waals surface area contributed by atoms with Crippen LogP contribution in [-0.4, -0.2) is 22.4 Å². The fraction of sp³-hybridized carbons (Fsp3) is 0.375. The van der Waals surface area contributed by atoms with Gasteiger partial charge in [-0.15, -0.1) is 0 Å². The summed E-state index contributed by atoms with van der Waals surface area (Å²) in [5.74, 6) is -2.33. The Morgan fingerprint density at radius 3 is 2.76 bits per heavy atom. The number of nitrogens with one attached hydrogen (secondary N) is 1. The molecule has 0 aliphatic rings. The maximum absolute atomic E-state index is 13.1. The molecule has 9 heteroatoms. The quantitative estimate of drug-likeness (QED) is 0.518. The summed E-state index contributed by atoms with van der Waals surface area (Å²) in [6.07, 6.45) is 3.44. The van der Waals surface area contributed by atoms with Crippen LogP contribution in [0.25, 0.3) is 0 Å². The Balaban J connectivity index is 2.11. The summed E-state index contributed by atoms with van der Waals surface area (Å²) in [6.45, 7) is 2.81. The van der Waals surface area contributed by atoms with Crippen molar-refractivity contribution in [3.8, 4) is 11.5 Å². The molecule has 0 radical (unpaired) electrons. The molecule has 2 aromatic rings. The topological polar surface area (TPSA) is 82.3 Å². The van der Waals surface area contributed by atoms with E-state index in [0.717, 1.165) is 12.8 Å². The van der Waals surface area contributed by atoms with Gasteiger partial charge in [-0.2, -0.15) is 13.8 Å². The number of hydrogen-bond donors (Lipinski definition) is 2. The fourth-order valence-electron chi connectivity index (χ4n) is 2.03. The summed E-state index contributed by atoms with van der Waals surface area (Å²) in [5.41, 5.74) is 6.08. The molecule has 136 valence electrons. The van der Waals surface area contributed by atoms with E-state index in [1.54, 1.807) is 18.2 Å². The van der Waals surface area contributed by atoms with Crippen LogP contribution in [-0.2, 0) is 6.61 Å². The van der Waals surface area contributed by atoms with Crippen LogP contribution in [0, 0.1) is 0 Å². The molecule has 1 aromatic carbocycles. The molecule has 0 saturated heterocycles. The second-order valence-corrected chi connectivity index (χ2v) is 5.95. The predicted octanol–water partition coefficient (Wildman–Crippen LogP) is 3.65. The Morgan fingerprint density at radius 2 is 2.04 bits per heavy atom. The summed E-state index contributed by atoms with van der Waals surface area (Å²) < 4.78 is 36.5. The SMILES string of the molecule is CCCCNc1nc(N)ncc1OCc1ccccc1OC(F)(F)P. The minimum Gasteiger partial charge on any atom is -0.483 e. The van der Waals surface area contributed by atoms with Crippen molar-refractivity contribution in [2.75, 3.05) is 17.6 Å². The zero-order valence-corrected chi connectivity index (χ0v) is 15.0. The van der Waals surface area contributed by atoms with Crippen LogP contribution in [0.3, 0.4) is 0 Å². The van der Waals surface area contributed by atoms with E-state index in [4.69, 9.17) is 10.5 Å². The van der Waals surface area contributed by atoms with Crippen molar-refractivity contribution < 1.29 is 18.3 Å². The van der Waals surface area contributed by atoms with Crippen molar-refractivity contribution >= 4 is 21.0 Å². The molecule has 6 nitrogen and oxygen atoms in total. The maximum Gasteiger partial charge on any atom is 0.408 e. The van der Waals surface area contributed by atoms with Crippen LogP contribution in [0.1, 0.15) is 25.3 Å². The number of ether oxygens (including phenoxy) is 2. The predicted molar refractivity (Wildman–Crippen MR) is 95.9 cm³/mol. The highest BCUT2D eigenvalue weighted by atomic mass is 31.0. The first-order valence-electron chi connectivity index (χ1n) is 7.82. The number of nitrogens with two attached hydrogens (primary N) is 1. The third-order valence-electron chi connectivity index (χ3n) is 3.20. The van der Waals surface area contributed by atoms with E-state index in [9.17, 15) is 8.78 Å². The zero-order valence-electron chi connectivity index (χ0n) is 13.8. The molecule has 1 aromatic heterocycles. The second-order valence-electron chi connectivity index (χ2n) is 5.28. The molecule has 0 aliphatic heterocycles. The van der Waals surface area contributed by atoms with Crippen molar-refractivity contribution in [2.24, 2.45) is 0 Å². The molecule has 0 spiro atoms. The lowest BCUT2D eigenvalue weighted by atomic mass is 10.2. The van der Waals surface area contributed by atoms with E-state index in [0.29, 0.717) is 23.7 Å². The lowest BCUT2D eigenvalue weighted by Gasteiger charge is -2.17. The van der Waals surface area contributed by atoms with E-state index in [1.807, 2.05) is 0 Å². The highest BCUT2D eigenvalue weighted by molar-refractivity contribution is 7.17. The van der Waals surface area contributed by atoms with Gasteiger partial charge in [0.2, 0.25) is 5.95 Å². The Bertz CT molecular complexity index is 698. The van der Waals surface area contributed by atoms with Crippen LogP contribution in [0.4, 0.5) is 20.5 Å². The summed E-state index contributed by atoms with van der Waals surface area (Å²) >= 11 is 0. The number of hydrogen-bond acceptors (Lipinski definition) is 6. The van der Waals surface area contributed by atoms with Gasteiger partial charge in [-0.3, -0.25) is 0 Å². The van der Waals surface area contributed by atoms with Gasteiger partial charge in [-0.1, -0.05) is 31.5 Å². The number of alkyl halides is 2. The van der Waals surface area contributed by atoms with Crippen molar-refractivity contribution in [3.05, 3.63) is 36.0 Å². The third-order valence-corrected chi connectivity index (χ3v) is 3.32. The molecule has 3 N–H and O–H groups in total. The molecule has 2 rings (SSSR count). The Labute approximate surface area is 147 Å². The number of nitrogens with zero attached hydrogens (tertiary/aromatic N) is 2. The van der Waals surface area contributed by atoms with Crippen LogP contribution in [0.15, 0.2) is 30.5 Å². The highest BCUT2D eigenvalue weighted by Crippen LogP contribution is 2.31. The average Bonchev–Trinajstić information content (AvgIpc) is 2.54. The monoisotopic (exact) mass is 370 g/mol. The van der Waals surface area contributed by atoms with Crippen LogP contribution < -0.4 is 20.5 Å². The first-order chi connectivity index (χ1) is 11.9. The number of halogens is 2. The van der Waals surface area contributed by atoms with Gasteiger partial charge >= 0.3 is 5.85 Å². The molecule has 0 aliphatic carbocycles. The summed E-state index contributed by atoms with van der Waals surface area (Å²) in [5, 5.41) is 3.13. The minimum absolute atomic E-state index is 0.0205. The number of rotatable bonds is 9. The van der Waals surface area contributed by atoms with Crippen molar-refractivity contribution in [1.29, 1.82) is 0 Å². The van der Waals surface area contributed by atoms with Crippen LogP contribution >= 0.6 is 9.24 Å². The first-order valence-corrected chi connectivity index (χ1v) is 8.39. The molecule has 1 unspecified atom stereocenters. The molecule has 1 atom stereocenters.